The molecule has 3 nitrogen and oxygen atoms in total. The molecule has 0 fully saturated rings. The Hall–Kier alpha value is -0.220. The van der Waals surface area contributed by atoms with E-state index in [1.165, 1.54) is 63.5 Å². The number of carbonyl (C=O) groups excluding carboxylic acids is 1. The summed E-state index contributed by atoms with van der Waals surface area (Å²) in [7, 11) is 0. The van der Waals surface area contributed by atoms with Crippen LogP contribution in [0.15, 0.2) is 0 Å². The van der Waals surface area contributed by atoms with Crippen LogP contribution >= 0.6 is 11.8 Å². The average molecular weight is 402 g/mol. The van der Waals surface area contributed by atoms with E-state index in [0.717, 1.165) is 44.6 Å². The second kappa shape index (κ2) is 22.1. The summed E-state index contributed by atoms with van der Waals surface area (Å²) >= 11 is 2.01. The van der Waals surface area contributed by atoms with Crippen LogP contribution in [0.2, 0.25) is 0 Å². The second-order valence-corrected chi connectivity index (χ2v) is 8.72. The predicted octanol–water partition coefficient (Wildman–Crippen LogP) is 6.70. The predicted molar refractivity (Wildman–Crippen MR) is 122 cm³/mol. The van der Waals surface area contributed by atoms with Crippen molar-refractivity contribution in [2.45, 2.75) is 104 Å². The number of thioether (sulfide) groups is 1. The molecule has 0 aliphatic carbocycles. The van der Waals surface area contributed by atoms with Crippen molar-refractivity contribution < 1.29 is 9.53 Å². The van der Waals surface area contributed by atoms with Gasteiger partial charge in [-0.1, -0.05) is 72.1 Å². The smallest absolute Gasteiger partial charge is 0.305 e. The molecule has 0 bridgehead atoms. The van der Waals surface area contributed by atoms with Gasteiger partial charge in [-0.25, -0.2) is 0 Å². The van der Waals surface area contributed by atoms with Crippen LogP contribution < -0.4 is 0 Å². The van der Waals surface area contributed by atoms with Gasteiger partial charge in [-0.3, -0.25) is 4.79 Å². The van der Waals surface area contributed by atoms with Crippen LogP contribution in [-0.4, -0.2) is 48.6 Å². The van der Waals surface area contributed by atoms with Gasteiger partial charge in [0.15, 0.2) is 0 Å². The Morgan fingerprint density at radius 1 is 0.741 bits per heavy atom. The van der Waals surface area contributed by atoms with Crippen LogP contribution in [0.1, 0.15) is 104 Å². The molecule has 0 aromatic rings. The van der Waals surface area contributed by atoms with Gasteiger partial charge in [0.2, 0.25) is 0 Å². The Kier molecular flexibility index (Phi) is 21.9. The van der Waals surface area contributed by atoms with E-state index in [-0.39, 0.29) is 5.97 Å². The first-order valence-electron chi connectivity index (χ1n) is 11.7. The number of nitrogens with zero attached hydrogens (tertiary/aromatic N) is 1. The Labute approximate surface area is 174 Å². The fourth-order valence-electron chi connectivity index (χ4n) is 3.18. The van der Waals surface area contributed by atoms with Crippen LogP contribution in [0.3, 0.4) is 0 Å². The van der Waals surface area contributed by atoms with Gasteiger partial charge >= 0.3 is 5.97 Å². The normalized spacial score (nSPS) is 11.3. The van der Waals surface area contributed by atoms with Crippen LogP contribution in [0, 0.1) is 0 Å². The monoisotopic (exact) mass is 401 g/mol. The molecule has 0 heterocycles. The third-order valence-corrected chi connectivity index (χ3v) is 6.24. The van der Waals surface area contributed by atoms with Crippen LogP contribution in [0.25, 0.3) is 0 Å². The molecule has 0 aliphatic heterocycles. The number of hydrogen-bond acceptors (Lipinski definition) is 4. The lowest BCUT2D eigenvalue weighted by Gasteiger charge is -2.17. The van der Waals surface area contributed by atoms with E-state index in [9.17, 15) is 4.79 Å². The molecule has 0 saturated carbocycles. The number of rotatable bonds is 21. The molecule has 0 aromatic carbocycles. The lowest BCUT2D eigenvalue weighted by atomic mass is 10.1. The zero-order valence-electron chi connectivity index (χ0n) is 18.6. The Bertz CT molecular complexity index is 309. The van der Waals surface area contributed by atoms with Crippen molar-refractivity contribution in [3.05, 3.63) is 0 Å². The fourth-order valence-corrected chi connectivity index (χ4v) is 4.11. The largest absolute Gasteiger partial charge is 0.466 e. The molecule has 0 rings (SSSR count). The SMILES string of the molecule is CCCCCCCCCCCSCCCOC(=O)CCCCN(CC)CC. The van der Waals surface area contributed by atoms with Crippen molar-refractivity contribution in [2.24, 2.45) is 0 Å². The summed E-state index contributed by atoms with van der Waals surface area (Å²) in [5.74, 6) is 2.36. The Morgan fingerprint density at radius 2 is 1.33 bits per heavy atom. The van der Waals surface area contributed by atoms with Gasteiger partial charge in [-0.05, 0) is 56.8 Å². The van der Waals surface area contributed by atoms with E-state index in [1.54, 1.807) is 0 Å². The van der Waals surface area contributed by atoms with Gasteiger partial charge in [-0.15, -0.1) is 0 Å². The molecule has 0 amide bonds. The van der Waals surface area contributed by atoms with E-state index >= 15 is 0 Å². The van der Waals surface area contributed by atoms with E-state index in [1.807, 2.05) is 11.8 Å². The summed E-state index contributed by atoms with van der Waals surface area (Å²) in [5.41, 5.74) is 0. The van der Waals surface area contributed by atoms with E-state index in [2.05, 4.69) is 25.7 Å². The number of ether oxygens (including phenoxy) is 1. The molecule has 0 radical (unpaired) electrons. The first kappa shape index (κ1) is 26.8. The molecule has 0 N–H and O–H groups in total. The molecule has 27 heavy (non-hydrogen) atoms. The molecule has 0 spiro atoms. The van der Waals surface area contributed by atoms with Crippen molar-refractivity contribution in [3.63, 3.8) is 0 Å². The average Bonchev–Trinajstić information content (AvgIpc) is 2.68. The van der Waals surface area contributed by atoms with E-state index in [4.69, 9.17) is 4.74 Å². The minimum atomic E-state index is -0.0153. The highest BCUT2D eigenvalue weighted by atomic mass is 32.2. The van der Waals surface area contributed by atoms with Gasteiger partial charge < -0.3 is 9.64 Å². The first-order chi connectivity index (χ1) is 13.2. The number of esters is 1. The first-order valence-corrected chi connectivity index (χ1v) is 12.9. The van der Waals surface area contributed by atoms with Crippen LogP contribution in [0.5, 0.6) is 0 Å². The Morgan fingerprint density at radius 3 is 1.96 bits per heavy atom. The minimum Gasteiger partial charge on any atom is -0.466 e. The molecule has 0 aliphatic rings. The molecule has 0 unspecified atom stereocenters. The zero-order chi connectivity index (χ0) is 20.0. The highest BCUT2D eigenvalue weighted by Gasteiger charge is 2.04. The molecular formula is C23H47NO2S. The topological polar surface area (TPSA) is 29.5 Å². The summed E-state index contributed by atoms with van der Waals surface area (Å²) < 4.78 is 5.34. The number of unbranched alkanes of at least 4 members (excludes halogenated alkanes) is 9. The van der Waals surface area contributed by atoms with Crippen molar-refractivity contribution in [2.75, 3.05) is 37.7 Å². The van der Waals surface area contributed by atoms with Gasteiger partial charge in [0.05, 0.1) is 6.61 Å². The molecule has 0 aromatic heterocycles. The maximum absolute atomic E-state index is 11.7. The van der Waals surface area contributed by atoms with E-state index in [0.29, 0.717) is 13.0 Å². The van der Waals surface area contributed by atoms with Crippen molar-refractivity contribution in [1.29, 1.82) is 0 Å². The summed E-state index contributed by atoms with van der Waals surface area (Å²) in [6.07, 6.45) is 16.2. The molecule has 4 heteroatoms. The highest BCUT2D eigenvalue weighted by Crippen LogP contribution is 2.12. The third kappa shape index (κ3) is 20.3. The maximum Gasteiger partial charge on any atom is 0.305 e. The van der Waals surface area contributed by atoms with Gasteiger partial charge in [0, 0.05) is 6.42 Å². The Balaban J connectivity index is 3.20. The van der Waals surface area contributed by atoms with Crippen LogP contribution in [-0.2, 0) is 9.53 Å². The summed E-state index contributed by atoms with van der Waals surface area (Å²) in [6.45, 7) is 10.5. The molecular weight excluding hydrogens is 354 g/mol. The highest BCUT2D eigenvalue weighted by molar-refractivity contribution is 7.99. The lowest BCUT2D eigenvalue weighted by Crippen LogP contribution is -2.24. The van der Waals surface area contributed by atoms with Gasteiger partial charge in [0.1, 0.15) is 0 Å². The molecule has 0 saturated heterocycles. The van der Waals surface area contributed by atoms with Crippen molar-refractivity contribution in [1.82, 2.24) is 4.90 Å². The summed E-state index contributed by atoms with van der Waals surface area (Å²) in [4.78, 5) is 14.1. The fraction of sp³-hybridized carbons (Fsp3) is 0.957. The number of carbonyl (C=O) groups is 1. The lowest BCUT2D eigenvalue weighted by molar-refractivity contribution is -0.143. The molecule has 0 atom stereocenters. The summed E-state index contributed by atoms with van der Waals surface area (Å²) in [6, 6.07) is 0. The van der Waals surface area contributed by atoms with Gasteiger partial charge in [-0.2, -0.15) is 11.8 Å². The van der Waals surface area contributed by atoms with Crippen LogP contribution in [0.4, 0.5) is 0 Å². The third-order valence-electron chi connectivity index (χ3n) is 5.09. The zero-order valence-corrected chi connectivity index (χ0v) is 19.4. The quantitative estimate of drug-likeness (QED) is 0.158. The standard InChI is InChI=1S/C23H47NO2S/c1-4-7-8-9-10-11-12-13-16-21-27-22-17-20-26-23(25)18-14-15-19-24(5-2)6-3/h4-22H2,1-3H3. The summed E-state index contributed by atoms with van der Waals surface area (Å²) in [5, 5.41) is 0. The van der Waals surface area contributed by atoms with E-state index < -0.39 is 0 Å². The minimum absolute atomic E-state index is 0.0153. The van der Waals surface area contributed by atoms with Gasteiger partial charge in [0.25, 0.3) is 0 Å². The number of hydrogen-bond donors (Lipinski definition) is 0. The second-order valence-electron chi connectivity index (χ2n) is 7.50. The maximum atomic E-state index is 11.7. The molecule has 162 valence electrons. The van der Waals surface area contributed by atoms with Crippen molar-refractivity contribution >= 4 is 17.7 Å². The van der Waals surface area contributed by atoms with Crippen molar-refractivity contribution in [3.8, 4) is 0 Å².